The van der Waals surface area contributed by atoms with Gasteiger partial charge in [0.1, 0.15) is 29.2 Å². The van der Waals surface area contributed by atoms with Gasteiger partial charge in [-0.25, -0.2) is 34.7 Å². The van der Waals surface area contributed by atoms with Gasteiger partial charge in [-0.3, -0.25) is 4.79 Å². The molecule has 11 rings (SSSR count). The molecule has 7 aromatic carbocycles. The number of nitrogen functional groups attached to an aromatic ring is 2. The van der Waals surface area contributed by atoms with E-state index in [2.05, 4.69) is 152 Å². The molecule has 3 radical (unpaired) electrons. The number of aromatic nitrogens is 8. The lowest BCUT2D eigenvalue weighted by molar-refractivity contribution is -0.139. The topological polar surface area (TPSA) is 297 Å². The van der Waals surface area contributed by atoms with Gasteiger partial charge < -0.3 is 56.7 Å². The van der Waals surface area contributed by atoms with Crippen LogP contribution >= 0.6 is 46.4 Å². The summed E-state index contributed by atoms with van der Waals surface area (Å²) in [6, 6.07) is 60.4. The minimum atomic E-state index is -1.75. The number of allylic oxidation sites excluding steroid dienone is 3. The normalized spacial score (nSPS) is 10.2. The third kappa shape index (κ3) is 45.5. The molecule has 0 unspecified atom stereocenters. The van der Waals surface area contributed by atoms with Gasteiger partial charge in [-0.1, -0.05) is 228 Å². The van der Waals surface area contributed by atoms with Gasteiger partial charge in [-0.05, 0) is 226 Å². The molecule has 0 saturated heterocycles. The van der Waals surface area contributed by atoms with Crippen molar-refractivity contribution in [2.75, 3.05) is 38.1 Å². The molecule has 11 aromatic rings. The molecule has 21 nitrogen and oxygen atoms in total. The first-order valence-corrected chi connectivity index (χ1v) is 43.6. The van der Waals surface area contributed by atoms with Crippen molar-refractivity contribution in [3.63, 3.8) is 0 Å². The van der Waals surface area contributed by atoms with Gasteiger partial charge in [0.2, 0.25) is 27.7 Å². The van der Waals surface area contributed by atoms with Crippen molar-refractivity contribution in [2.45, 2.75) is 205 Å². The summed E-state index contributed by atoms with van der Waals surface area (Å²) < 4.78 is 17.6. The third-order valence-electron chi connectivity index (χ3n) is 17.1. The van der Waals surface area contributed by atoms with E-state index < -0.39 is 21.9 Å². The van der Waals surface area contributed by atoms with E-state index in [-0.39, 0.29) is 108 Å². The van der Waals surface area contributed by atoms with Crippen LogP contribution < -0.4 is 38.1 Å². The van der Waals surface area contributed by atoms with E-state index in [0.29, 0.717) is 36.1 Å². The molecule has 0 bridgehead atoms. The highest BCUT2D eigenvalue weighted by Crippen LogP contribution is 2.39. The number of aryl methyl sites for hydroxylation is 4. The van der Waals surface area contributed by atoms with Crippen molar-refractivity contribution in [3.8, 4) is 0 Å². The maximum absolute atomic E-state index is 11.5. The number of carbonyl (C=O) groups is 2. The van der Waals surface area contributed by atoms with E-state index in [1.807, 2.05) is 198 Å². The number of halogens is 4. The fraction of sp³-hybridized carbons (Fsp3) is 0.319. The number of hydrogen-bond acceptors (Lipinski definition) is 21. The summed E-state index contributed by atoms with van der Waals surface area (Å²) in [5.41, 5.74) is 24.9. The largest absolute Gasteiger partial charge is 0.458 e. The molecule has 0 atom stereocenters. The van der Waals surface area contributed by atoms with Crippen LogP contribution in [0, 0.1) is 27.7 Å². The highest BCUT2D eigenvalue weighted by atomic mass is 35.5. The zero-order valence-corrected chi connectivity index (χ0v) is 72.7. The van der Waals surface area contributed by atoms with Crippen LogP contribution in [0.2, 0.25) is 52.0 Å². The van der Waals surface area contributed by atoms with E-state index >= 15 is 0 Å². The summed E-state index contributed by atoms with van der Waals surface area (Å²) in [7, 11) is -3.40. The average Bonchev–Trinajstić information content (AvgIpc) is 0.845. The van der Waals surface area contributed by atoms with Gasteiger partial charge in [0.25, 0.3) is 0 Å². The van der Waals surface area contributed by atoms with Crippen LogP contribution in [0.1, 0.15) is 159 Å². The first-order chi connectivity index (χ1) is 53.5. The number of nitrogens with two attached hydrogens (primary N) is 2. The van der Waals surface area contributed by atoms with Crippen LogP contribution in [-0.4, -0.2) is 81.2 Å². The SMILES string of the molecule is C.C.C.C.C.C.C.C.C/C=C/C(=O)Cl.C/C=C/C(=O)OCc1cccc(Nc2nc(Nc3ccccc3)ncc2C)c1.CC(C)(C)[Si](C)(C)OCc1cccc(N)c1.Cc1cnc(Cl)nc1Cl.Cc1cnc(Cl)nc1Nc1cccc(CO[Si](C)(C)C(C)(C)C)c1.Cc1cnc(Nc2ccccc2)nc1Nc1cccc(CO)c1.Nc1ccccc1.[B]. The number of benzene rings is 7. The van der Waals surface area contributed by atoms with Crippen LogP contribution in [0.5, 0.6) is 0 Å². The summed E-state index contributed by atoms with van der Waals surface area (Å²) >= 11 is 21.7. The number of nitrogens with zero attached hydrogens (tertiary/aromatic N) is 8. The molecule has 0 aliphatic rings. The van der Waals surface area contributed by atoms with E-state index in [4.69, 9.17) is 71.5 Å². The predicted molar refractivity (Wildman–Crippen MR) is 532 cm³/mol. The molecule has 0 saturated carbocycles. The van der Waals surface area contributed by atoms with Crippen LogP contribution in [0.3, 0.4) is 0 Å². The number of ether oxygens (including phenoxy) is 1. The van der Waals surface area contributed by atoms with Gasteiger partial charge in [-0.2, -0.15) is 9.97 Å². The van der Waals surface area contributed by atoms with Gasteiger partial charge in [-0.15, -0.1) is 0 Å². The summed E-state index contributed by atoms with van der Waals surface area (Å²) in [5, 5.41) is 26.3. The Morgan fingerprint density at radius 2 is 0.746 bits per heavy atom. The number of nitrogens with one attached hydrogen (secondary N) is 5. The molecule has 0 fully saturated rings. The molecule has 663 valence electrons. The number of esters is 1. The van der Waals surface area contributed by atoms with Crippen LogP contribution in [0.4, 0.5) is 69.2 Å². The Morgan fingerprint density at radius 3 is 1.09 bits per heavy atom. The first kappa shape index (κ1) is 120. The Hall–Kier alpha value is -10.4. The number of anilines is 12. The Morgan fingerprint density at radius 1 is 0.418 bits per heavy atom. The van der Waals surface area contributed by atoms with Gasteiger partial charge in [0.05, 0.1) is 19.8 Å². The molecule has 0 aliphatic heterocycles. The van der Waals surface area contributed by atoms with Gasteiger partial charge in [0, 0.05) is 101 Å². The van der Waals surface area contributed by atoms with Crippen LogP contribution in [-0.2, 0) is 49.6 Å². The fourth-order valence-corrected chi connectivity index (χ4v) is 11.2. The predicted octanol–water partition coefficient (Wildman–Crippen LogP) is 27.5. The van der Waals surface area contributed by atoms with Crippen LogP contribution in [0.25, 0.3) is 0 Å². The van der Waals surface area contributed by atoms with Gasteiger partial charge in [0.15, 0.2) is 16.6 Å². The number of rotatable bonds is 21. The second kappa shape index (κ2) is 61.0. The van der Waals surface area contributed by atoms with E-state index in [1.165, 1.54) is 12.2 Å². The van der Waals surface area contributed by atoms with Crippen molar-refractivity contribution < 1.29 is 28.3 Å². The summed E-state index contributed by atoms with van der Waals surface area (Å²) in [4.78, 5) is 54.5. The molecule has 4 aromatic heterocycles. The van der Waals surface area contributed by atoms with E-state index in [1.54, 1.807) is 50.8 Å². The smallest absolute Gasteiger partial charge is 0.330 e. The highest BCUT2D eigenvalue weighted by Gasteiger charge is 2.38. The number of aliphatic hydroxyl groups is 1. The fourth-order valence-electron chi connectivity index (χ4n) is 8.71. The van der Waals surface area contributed by atoms with Gasteiger partial charge >= 0.3 is 5.97 Å². The Kier molecular flexibility index (Phi) is 60.1. The lowest BCUT2D eigenvalue weighted by Gasteiger charge is -2.36. The minimum absolute atomic E-state index is 0. The Labute approximate surface area is 755 Å². The molecule has 28 heteroatoms. The molecular formula is C94H137BCl4N15O6Si2. The molecule has 0 amide bonds. The number of carbonyl (C=O) groups excluding carboxylic acids is 2. The monoisotopic (exact) mass is 1780 g/mol. The average molecular weight is 1780 g/mol. The van der Waals surface area contributed by atoms with Crippen molar-refractivity contribution in [1.82, 2.24) is 39.9 Å². The number of para-hydroxylation sites is 3. The summed E-state index contributed by atoms with van der Waals surface area (Å²) in [6.45, 7) is 35.2. The standard InChI is InChI=1S/C22H22N4O2.C18H26ClN3OSi.C18H18N4O.C13H23NOSi.C6H7N.C5H4Cl2N2.C4H5ClO.8CH4.B/c1-3-8-20(27)28-15-17-9-7-12-19(13-17)24-21-16(2)14-23-22(26-21)25-18-10-5-4-6-11-18;1-13-11-20-17(19)22-16(13)21-15-9-7-8-14(10-15)12-23-24(5,6)18(2,3)4;1-13-11-19-18(21-15-7-3-2-4-8-15)22-17(13)20-16-9-5-6-14(10-16)12-23;1-13(2,3)16(4,5)15-10-11-7-6-8-12(14)9-11;7-6-4-2-1-3-5-6;1-3-2-8-5(7)9-4(3)6;1-2-3-4(5)6;;;;;;;;;/h3-14H,15H2,1-2H3,(H2,23,24,25,26);7-11H,12H2,1-6H3,(H,20,21,22);2-11,23H,12H2,1H3,(H2,19,20,21,22);6-9H,10,14H2,1-5H3;1-5H,7H2;2H,1H3;2-3H,1H3;8*1H4;/b8-3+;;;;;;3-2+;;;;;;;;;. The summed E-state index contributed by atoms with van der Waals surface area (Å²) in [6.07, 6.45) is 12.8. The van der Waals surface area contributed by atoms with Crippen molar-refractivity contribution >= 4 is 152 Å². The molecule has 0 aliphatic carbocycles. The van der Waals surface area contributed by atoms with Crippen LogP contribution in [0.15, 0.2) is 237 Å². The maximum Gasteiger partial charge on any atom is 0.330 e. The quantitative estimate of drug-likeness (QED) is 0.00631. The number of aliphatic hydroxyl groups excluding tert-OH is 1. The second-order valence-electron chi connectivity index (χ2n) is 28.5. The zero-order valence-electron chi connectivity index (χ0n) is 67.7. The van der Waals surface area contributed by atoms with Crippen molar-refractivity contribution in [1.29, 1.82) is 0 Å². The number of hydrogen-bond donors (Lipinski definition) is 8. The molecule has 10 N–H and O–H groups in total. The van der Waals surface area contributed by atoms with E-state index in [0.717, 1.165) is 96.0 Å². The molecular weight excluding hydrogens is 1640 g/mol. The zero-order chi connectivity index (χ0) is 83.2. The minimum Gasteiger partial charge on any atom is -0.458 e. The van der Waals surface area contributed by atoms with E-state index in [9.17, 15) is 14.7 Å². The maximum atomic E-state index is 11.5. The molecule has 122 heavy (non-hydrogen) atoms. The molecule has 0 spiro atoms. The highest BCUT2D eigenvalue weighted by molar-refractivity contribution is 6.74. The van der Waals surface area contributed by atoms with Crippen molar-refractivity contribution in [2.24, 2.45) is 0 Å². The first-order valence-electron chi connectivity index (χ1n) is 36.2. The lowest BCUT2D eigenvalue weighted by Crippen LogP contribution is -2.40. The third-order valence-corrected chi connectivity index (χ3v) is 27.0. The van der Waals surface area contributed by atoms with Crippen molar-refractivity contribution in [3.05, 3.63) is 297 Å². The lowest BCUT2D eigenvalue weighted by atomic mass is 10.2. The molecule has 4 heterocycles. The summed E-state index contributed by atoms with van der Waals surface area (Å²) in [5.74, 6) is 2.84. The Bertz CT molecular complexity index is 4820. The second-order valence-corrected chi connectivity index (χ2v) is 39.5. The Balaban J connectivity index is -0.000000453.